The molecule has 0 N–H and O–H groups in total. The molecule has 0 aromatic carbocycles. The lowest BCUT2D eigenvalue weighted by Crippen LogP contribution is -2.33. The second kappa shape index (κ2) is 9.49. The van der Waals surface area contributed by atoms with Crippen molar-refractivity contribution in [2.75, 3.05) is 13.1 Å². The van der Waals surface area contributed by atoms with Crippen molar-refractivity contribution in [3.05, 3.63) is 27.3 Å². The molecule has 2 aromatic rings. The number of thiazole rings is 1. The molecule has 0 saturated heterocycles. The van der Waals surface area contributed by atoms with Crippen LogP contribution in [0, 0.1) is 18.8 Å². The topological polar surface area (TPSA) is 72.1 Å². The Labute approximate surface area is 197 Å². The Morgan fingerprint density at radius 1 is 1.18 bits per heavy atom. The van der Waals surface area contributed by atoms with Gasteiger partial charge in [-0.1, -0.05) is 18.0 Å². The van der Waals surface area contributed by atoms with Crippen LogP contribution in [-0.2, 0) is 24.2 Å². The van der Waals surface area contributed by atoms with Gasteiger partial charge in [0.15, 0.2) is 5.82 Å². The van der Waals surface area contributed by atoms with E-state index in [0.717, 1.165) is 55.5 Å². The van der Waals surface area contributed by atoms with Gasteiger partial charge in [-0.2, -0.15) is 4.98 Å². The van der Waals surface area contributed by atoms with Crippen LogP contribution in [-0.4, -0.2) is 44.8 Å². The Balaban J connectivity index is 1.02. The summed E-state index contributed by atoms with van der Waals surface area (Å²) < 4.78 is 31.4. The smallest absolute Gasteiger partial charge is 0.249 e. The summed E-state index contributed by atoms with van der Waals surface area (Å²) >= 11 is 1.66. The molecule has 3 aliphatic rings. The second-order valence-electron chi connectivity index (χ2n) is 10.2. The number of hydrogen-bond acceptors (Lipinski definition) is 7. The minimum atomic E-state index is -2.48. The third kappa shape index (κ3) is 5.67. The quantitative estimate of drug-likeness (QED) is 0.525. The van der Waals surface area contributed by atoms with E-state index in [0.29, 0.717) is 24.1 Å². The predicted octanol–water partition coefficient (Wildman–Crippen LogP) is 5.10. The molecule has 1 aliphatic heterocycles. The standard InChI is InChI=1S/C24H32F2N4O2S/c1-15-27-22(29-32-15)11-19(31)10-17-4-2-16(3-5-17)6-8-30-9-7-21-20(14-30)28-23(33-21)18-12-24(25,26)13-18/h16-18H,2-14H2,1H3. The largest absolute Gasteiger partial charge is 0.340 e. The molecular weight excluding hydrogens is 446 g/mol. The molecule has 2 aromatic heterocycles. The van der Waals surface area contributed by atoms with Crippen molar-refractivity contribution < 1.29 is 18.1 Å². The molecule has 0 spiro atoms. The Morgan fingerprint density at radius 2 is 1.94 bits per heavy atom. The Hall–Kier alpha value is -1.74. The maximum atomic E-state index is 13.2. The Kier molecular flexibility index (Phi) is 6.62. The van der Waals surface area contributed by atoms with Gasteiger partial charge in [-0.3, -0.25) is 9.69 Å². The molecule has 3 heterocycles. The van der Waals surface area contributed by atoms with Crippen LogP contribution in [0.3, 0.4) is 0 Å². The van der Waals surface area contributed by atoms with Crippen LogP contribution in [0.15, 0.2) is 4.52 Å². The molecule has 6 nitrogen and oxygen atoms in total. The lowest BCUT2D eigenvalue weighted by Gasteiger charge is -2.33. The first-order valence-corrected chi connectivity index (χ1v) is 13.0. The number of nitrogens with zero attached hydrogens (tertiary/aromatic N) is 4. The molecule has 180 valence electrons. The van der Waals surface area contributed by atoms with E-state index in [1.165, 1.54) is 24.1 Å². The number of Topliss-reactive ketones (excluding diaryl/α,β-unsaturated/α-hetero) is 1. The highest BCUT2D eigenvalue weighted by molar-refractivity contribution is 7.11. The number of halogens is 2. The van der Waals surface area contributed by atoms with E-state index in [9.17, 15) is 13.6 Å². The summed E-state index contributed by atoms with van der Waals surface area (Å²) in [4.78, 5) is 25.0. The van der Waals surface area contributed by atoms with E-state index in [2.05, 4.69) is 15.0 Å². The van der Waals surface area contributed by atoms with Crippen molar-refractivity contribution in [1.82, 2.24) is 20.0 Å². The molecule has 5 rings (SSSR count). The molecule has 0 unspecified atom stereocenters. The van der Waals surface area contributed by atoms with Gasteiger partial charge in [0.2, 0.25) is 11.8 Å². The van der Waals surface area contributed by atoms with Crippen LogP contribution in [0.2, 0.25) is 0 Å². The van der Waals surface area contributed by atoms with Crippen LogP contribution < -0.4 is 0 Å². The molecule has 33 heavy (non-hydrogen) atoms. The van der Waals surface area contributed by atoms with Gasteiger partial charge in [0.25, 0.3) is 0 Å². The van der Waals surface area contributed by atoms with Gasteiger partial charge < -0.3 is 4.52 Å². The zero-order valence-electron chi connectivity index (χ0n) is 19.2. The van der Waals surface area contributed by atoms with Gasteiger partial charge in [-0.05, 0) is 44.1 Å². The summed E-state index contributed by atoms with van der Waals surface area (Å²) in [5.74, 6) is -0.121. The molecular formula is C24H32F2N4O2S. The van der Waals surface area contributed by atoms with Gasteiger partial charge in [-0.15, -0.1) is 11.3 Å². The fourth-order valence-corrected chi connectivity index (χ4v) is 6.71. The molecule has 2 saturated carbocycles. The van der Waals surface area contributed by atoms with Gasteiger partial charge >= 0.3 is 0 Å². The van der Waals surface area contributed by atoms with E-state index in [1.807, 2.05) is 0 Å². The third-order valence-corrected chi connectivity index (χ3v) is 8.84. The van der Waals surface area contributed by atoms with Crippen molar-refractivity contribution in [3.8, 4) is 0 Å². The first kappa shape index (κ1) is 23.0. The van der Waals surface area contributed by atoms with Gasteiger partial charge in [-0.25, -0.2) is 13.8 Å². The molecule has 0 radical (unpaired) electrons. The molecule has 0 amide bonds. The summed E-state index contributed by atoms with van der Waals surface area (Å²) in [7, 11) is 0. The highest BCUT2D eigenvalue weighted by Crippen LogP contribution is 2.49. The van der Waals surface area contributed by atoms with Crippen LogP contribution in [0.4, 0.5) is 8.78 Å². The highest BCUT2D eigenvalue weighted by atomic mass is 32.1. The number of ketones is 1. The summed E-state index contributed by atoms with van der Waals surface area (Å²) in [5, 5.41) is 4.75. The number of aryl methyl sites for hydroxylation is 1. The fraction of sp³-hybridized carbons (Fsp3) is 0.750. The zero-order chi connectivity index (χ0) is 23.0. The van der Waals surface area contributed by atoms with Crippen molar-refractivity contribution in [2.45, 2.75) is 89.5 Å². The number of hydrogen-bond donors (Lipinski definition) is 0. The van der Waals surface area contributed by atoms with Crippen molar-refractivity contribution >= 4 is 17.1 Å². The second-order valence-corrected chi connectivity index (χ2v) is 11.3. The predicted molar refractivity (Wildman–Crippen MR) is 120 cm³/mol. The van der Waals surface area contributed by atoms with Crippen molar-refractivity contribution in [1.29, 1.82) is 0 Å². The van der Waals surface area contributed by atoms with Gasteiger partial charge in [0.1, 0.15) is 5.78 Å². The highest BCUT2D eigenvalue weighted by Gasteiger charge is 2.47. The lowest BCUT2D eigenvalue weighted by molar-refractivity contribution is -0.119. The fourth-order valence-electron chi connectivity index (χ4n) is 5.55. The lowest BCUT2D eigenvalue weighted by atomic mass is 9.78. The summed E-state index contributed by atoms with van der Waals surface area (Å²) in [6.07, 6.45) is 7.62. The van der Waals surface area contributed by atoms with Crippen LogP contribution in [0.25, 0.3) is 0 Å². The van der Waals surface area contributed by atoms with E-state index in [1.54, 1.807) is 18.3 Å². The van der Waals surface area contributed by atoms with Crippen LogP contribution in [0.5, 0.6) is 0 Å². The monoisotopic (exact) mass is 478 g/mol. The first-order chi connectivity index (χ1) is 15.8. The van der Waals surface area contributed by atoms with Gasteiger partial charge in [0.05, 0.1) is 17.1 Å². The number of alkyl halides is 2. The zero-order valence-corrected chi connectivity index (χ0v) is 20.0. The number of aromatic nitrogens is 3. The SMILES string of the molecule is Cc1nc(CC(=O)CC2CCC(CCN3CCc4sc(C5CC(F)(F)C5)nc4C3)CC2)no1. The molecule has 2 aliphatic carbocycles. The molecule has 2 fully saturated rings. The van der Waals surface area contributed by atoms with Crippen LogP contribution in [0.1, 0.15) is 84.6 Å². The number of carbonyl (C=O) groups excluding carboxylic acids is 1. The van der Waals surface area contributed by atoms with E-state index < -0.39 is 5.92 Å². The number of fused-ring (bicyclic) bond motifs is 1. The van der Waals surface area contributed by atoms with Gasteiger partial charge in [0, 0.05) is 50.1 Å². The number of carbonyl (C=O) groups is 1. The number of rotatable bonds is 8. The Morgan fingerprint density at radius 3 is 2.64 bits per heavy atom. The third-order valence-electron chi connectivity index (χ3n) is 7.52. The first-order valence-electron chi connectivity index (χ1n) is 12.2. The molecule has 0 atom stereocenters. The minimum Gasteiger partial charge on any atom is -0.340 e. The van der Waals surface area contributed by atoms with E-state index >= 15 is 0 Å². The maximum absolute atomic E-state index is 13.2. The average Bonchev–Trinajstić information content (AvgIpc) is 3.36. The minimum absolute atomic E-state index is 0.0336. The summed E-state index contributed by atoms with van der Waals surface area (Å²) in [5.41, 5.74) is 1.12. The summed E-state index contributed by atoms with van der Waals surface area (Å²) in [6, 6.07) is 0. The maximum Gasteiger partial charge on any atom is 0.249 e. The van der Waals surface area contributed by atoms with E-state index in [-0.39, 0.29) is 31.0 Å². The normalized spacial score (nSPS) is 25.5. The Bertz CT molecular complexity index is 975. The van der Waals surface area contributed by atoms with Crippen molar-refractivity contribution in [2.24, 2.45) is 11.8 Å². The average molecular weight is 479 g/mol. The summed E-state index contributed by atoms with van der Waals surface area (Å²) in [6.45, 7) is 4.69. The van der Waals surface area contributed by atoms with Crippen LogP contribution >= 0.6 is 11.3 Å². The van der Waals surface area contributed by atoms with E-state index in [4.69, 9.17) is 9.51 Å². The van der Waals surface area contributed by atoms with Crippen molar-refractivity contribution in [3.63, 3.8) is 0 Å². The molecule has 0 bridgehead atoms. The molecule has 9 heteroatoms.